The van der Waals surface area contributed by atoms with Crippen molar-refractivity contribution in [1.82, 2.24) is 4.90 Å². The van der Waals surface area contributed by atoms with Crippen LogP contribution in [0.2, 0.25) is 0 Å². The summed E-state index contributed by atoms with van der Waals surface area (Å²) in [5.74, 6) is 0. The average Bonchev–Trinajstić information content (AvgIpc) is 2.57. The van der Waals surface area contributed by atoms with Crippen LogP contribution in [0.3, 0.4) is 0 Å². The van der Waals surface area contributed by atoms with Crippen LogP contribution in [0.15, 0.2) is 57.2 Å². The predicted octanol–water partition coefficient (Wildman–Crippen LogP) is 3.78. The highest BCUT2D eigenvalue weighted by atomic mass is 32.2. The van der Waals surface area contributed by atoms with Gasteiger partial charge in [-0.3, -0.25) is 0 Å². The van der Waals surface area contributed by atoms with E-state index in [1.807, 2.05) is 50.2 Å². The van der Waals surface area contributed by atoms with Gasteiger partial charge >= 0.3 is 6.09 Å². The molecule has 0 N–H and O–H groups in total. The van der Waals surface area contributed by atoms with Gasteiger partial charge in [0, 0.05) is 22.6 Å². The number of amides is 1. The standard InChI is InChI=1S/C19H22N2O4S2/c1-13(12-20(2)3)25-19(22)21-15-7-5-6-8-17(15)26-18-11-14(27(4,23)24)9-10-16(18)21/h5-11,13H,12H2,1-4H3. The second kappa shape index (κ2) is 7.53. The Kier molecular flexibility index (Phi) is 5.50. The molecule has 2 aromatic carbocycles. The van der Waals surface area contributed by atoms with E-state index in [0.29, 0.717) is 17.1 Å². The summed E-state index contributed by atoms with van der Waals surface area (Å²) in [6.45, 7) is 2.45. The monoisotopic (exact) mass is 406 g/mol. The second-order valence-corrected chi connectivity index (χ2v) is 9.86. The summed E-state index contributed by atoms with van der Waals surface area (Å²) in [5, 5.41) is 0. The Morgan fingerprint density at radius 3 is 2.48 bits per heavy atom. The molecule has 144 valence electrons. The van der Waals surface area contributed by atoms with E-state index in [2.05, 4.69) is 0 Å². The molecule has 1 aliphatic heterocycles. The highest BCUT2D eigenvalue weighted by Gasteiger charge is 2.31. The van der Waals surface area contributed by atoms with Crippen molar-refractivity contribution in [3.63, 3.8) is 0 Å². The van der Waals surface area contributed by atoms with E-state index < -0.39 is 15.9 Å². The zero-order chi connectivity index (χ0) is 19.8. The molecule has 2 aromatic rings. The molecule has 8 heteroatoms. The summed E-state index contributed by atoms with van der Waals surface area (Å²) >= 11 is 1.44. The van der Waals surface area contributed by atoms with Gasteiger partial charge in [-0.1, -0.05) is 23.9 Å². The summed E-state index contributed by atoms with van der Waals surface area (Å²) in [6, 6.07) is 12.3. The van der Waals surface area contributed by atoms with Crippen LogP contribution in [0, 0.1) is 0 Å². The van der Waals surface area contributed by atoms with Crippen LogP contribution in [0.4, 0.5) is 16.2 Å². The van der Waals surface area contributed by atoms with Gasteiger partial charge in [0.2, 0.25) is 0 Å². The van der Waals surface area contributed by atoms with E-state index in [4.69, 9.17) is 4.74 Å². The number of anilines is 2. The number of hydrogen-bond donors (Lipinski definition) is 0. The molecule has 1 atom stereocenters. The van der Waals surface area contributed by atoms with E-state index >= 15 is 0 Å². The Morgan fingerprint density at radius 2 is 1.81 bits per heavy atom. The highest BCUT2D eigenvalue weighted by Crippen LogP contribution is 2.48. The molecule has 1 unspecified atom stereocenters. The molecule has 1 aliphatic rings. The summed E-state index contributed by atoms with van der Waals surface area (Å²) < 4.78 is 29.4. The number of fused-ring (bicyclic) bond motifs is 2. The van der Waals surface area contributed by atoms with E-state index in [1.165, 1.54) is 29.0 Å². The van der Waals surface area contributed by atoms with E-state index in [1.54, 1.807) is 12.1 Å². The summed E-state index contributed by atoms with van der Waals surface area (Å²) in [6.07, 6.45) is 0.406. The molecule has 0 saturated carbocycles. The number of benzene rings is 2. The van der Waals surface area contributed by atoms with Gasteiger partial charge in [-0.25, -0.2) is 18.1 Å². The minimum Gasteiger partial charge on any atom is -0.445 e. The van der Waals surface area contributed by atoms with Gasteiger partial charge < -0.3 is 9.64 Å². The molecule has 0 fully saturated rings. The van der Waals surface area contributed by atoms with Crippen molar-refractivity contribution in [2.45, 2.75) is 27.7 Å². The minimum absolute atomic E-state index is 0.224. The van der Waals surface area contributed by atoms with Crippen LogP contribution in [0.1, 0.15) is 6.92 Å². The van der Waals surface area contributed by atoms with Gasteiger partial charge in [0.25, 0.3) is 0 Å². The molecule has 0 radical (unpaired) electrons. The Hall–Kier alpha value is -2.03. The van der Waals surface area contributed by atoms with Crippen molar-refractivity contribution in [1.29, 1.82) is 0 Å². The van der Waals surface area contributed by atoms with Crippen LogP contribution < -0.4 is 4.90 Å². The second-order valence-electron chi connectivity index (χ2n) is 6.76. The third kappa shape index (κ3) is 4.28. The van der Waals surface area contributed by atoms with Crippen molar-refractivity contribution >= 4 is 39.1 Å². The number of sulfone groups is 1. The molecule has 0 aromatic heterocycles. The molecule has 3 rings (SSSR count). The Labute approximate surface area is 164 Å². The maximum absolute atomic E-state index is 13.0. The number of carbonyl (C=O) groups is 1. The van der Waals surface area contributed by atoms with Gasteiger partial charge in [-0.2, -0.15) is 0 Å². The van der Waals surface area contributed by atoms with Crippen LogP contribution in [0.5, 0.6) is 0 Å². The molecule has 0 saturated heterocycles. The van der Waals surface area contributed by atoms with Crippen molar-refractivity contribution in [3.05, 3.63) is 42.5 Å². The number of carbonyl (C=O) groups excluding carboxylic acids is 1. The van der Waals surface area contributed by atoms with E-state index in [0.717, 1.165) is 10.6 Å². The van der Waals surface area contributed by atoms with Crippen molar-refractivity contribution in [2.75, 3.05) is 31.8 Å². The SMILES string of the molecule is CC(CN(C)C)OC(=O)N1c2ccccc2Sc2cc(S(C)(=O)=O)ccc21. The van der Waals surface area contributed by atoms with Gasteiger partial charge in [0.05, 0.1) is 16.3 Å². The molecule has 1 amide bonds. The number of ether oxygens (including phenoxy) is 1. The number of likely N-dealkylation sites (N-methyl/N-ethyl adjacent to an activating group) is 1. The summed E-state index contributed by atoms with van der Waals surface area (Å²) in [7, 11) is 0.494. The van der Waals surface area contributed by atoms with Crippen LogP contribution in [0.25, 0.3) is 0 Å². The highest BCUT2D eigenvalue weighted by molar-refractivity contribution is 7.99. The van der Waals surface area contributed by atoms with Gasteiger partial charge in [-0.05, 0) is 51.4 Å². The molecule has 27 heavy (non-hydrogen) atoms. The van der Waals surface area contributed by atoms with Gasteiger partial charge in [0.15, 0.2) is 9.84 Å². The first kappa shape index (κ1) is 19.7. The number of rotatable bonds is 4. The third-order valence-corrected chi connectivity index (χ3v) is 6.26. The molecule has 0 spiro atoms. The first-order chi connectivity index (χ1) is 12.7. The quantitative estimate of drug-likeness (QED) is 0.770. The number of hydrogen-bond acceptors (Lipinski definition) is 6. The fourth-order valence-electron chi connectivity index (χ4n) is 2.94. The fraction of sp³-hybridized carbons (Fsp3) is 0.316. The van der Waals surface area contributed by atoms with E-state index in [9.17, 15) is 13.2 Å². The first-order valence-electron chi connectivity index (χ1n) is 8.43. The van der Waals surface area contributed by atoms with Crippen LogP contribution in [-0.4, -0.2) is 52.4 Å². The zero-order valence-electron chi connectivity index (χ0n) is 15.7. The maximum atomic E-state index is 13.0. The predicted molar refractivity (Wildman–Crippen MR) is 107 cm³/mol. The molecule has 0 aliphatic carbocycles. The lowest BCUT2D eigenvalue weighted by Crippen LogP contribution is -2.35. The van der Waals surface area contributed by atoms with Crippen LogP contribution in [-0.2, 0) is 14.6 Å². The molecular formula is C19H22N2O4S2. The van der Waals surface area contributed by atoms with E-state index in [-0.39, 0.29) is 11.0 Å². The lowest BCUT2D eigenvalue weighted by Gasteiger charge is -2.31. The Bertz CT molecular complexity index is 973. The lowest BCUT2D eigenvalue weighted by molar-refractivity contribution is 0.0986. The maximum Gasteiger partial charge on any atom is 0.419 e. The fourth-order valence-corrected chi connectivity index (χ4v) is 4.76. The minimum atomic E-state index is -3.34. The first-order valence-corrected chi connectivity index (χ1v) is 11.1. The Balaban J connectivity index is 2.02. The molecular weight excluding hydrogens is 384 g/mol. The van der Waals surface area contributed by atoms with Crippen LogP contribution >= 0.6 is 11.8 Å². The molecule has 1 heterocycles. The van der Waals surface area contributed by atoms with Crippen molar-refractivity contribution < 1.29 is 17.9 Å². The summed E-state index contributed by atoms with van der Waals surface area (Å²) in [5.41, 5.74) is 1.34. The summed E-state index contributed by atoms with van der Waals surface area (Å²) in [4.78, 5) is 18.2. The van der Waals surface area contributed by atoms with Crippen molar-refractivity contribution in [3.8, 4) is 0 Å². The zero-order valence-corrected chi connectivity index (χ0v) is 17.3. The number of nitrogens with zero attached hydrogens (tertiary/aromatic N) is 2. The lowest BCUT2D eigenvalue weighted by atomic mass is 10.2. The average molecular weight is 407 g/mol. The smallest absolute Gasteiger partial charge is 0.419 e. The normalized spacial score (nSPS) is 14.5. The molecule has 0 bridgehead atoms. The largest absolute Gasteiger partial charge is 0.445 e. The van der Waals surface area contributed by atoms with Crippen molar-refractivity contribution in [2.24, 2.45) is 0 Å². The number of para-hydroxylation sites is 1. The Morgan fingerprint density at radius 1 is 1.15 bits per heavy atom. The molecule has 6 nitrogen and oxygen atoms in total. The van der Waals surface area contributed by atoms with Gasteiger partial charge in [-0.15, -0.1) is 0 Å². The van der Waals surface area contributed by atoms with Gasteiger partial charge in [0.1, 0.15) is 6.10 Å². The topological polar surface area (TPSA) is 66.9 Å². The third-order valence-electron chi connectivity index (χ3n) is 4.03.